The molecule has 1 aromatic heterocycles. The van der Waals surface area contributed by atoms with Gasteiger partial charge in [0.05, 0.1) is 34.3 Å². The van der Waals surface area contributed by atoms with E-state index in [1.165, 1.54) is 0 Å². The minimum Gasteiger partial charge on any atom is -0.309 e. The van der Waals surface area contributed by atoms with Gasteiger partial charge in [0.15, 0.2) is 0 Å². The van der Waals surface area contributed by atoms with Gasteiger partial charge >= 0.3 is 0 Å². The minimum absolute atomic E-state index is 0.158. The predicted octanol–water partition coefficient (Wildman–Crippen LogP) is 7.69. The fraction of sp³-hybridized carbons (Fsp3) is 0.0303. The third-order valence-electron chi connectivity index (χ3n) is 7.37. The molecule has 0 unspecified atom stereocenters. The summed E-state index contributed by atoms with van der Waals surface area (Å²) < 4.78 is 2.16. The number of aromatic nitrogens is 1. The van der Waals surface area contributed by atoms with Gasteiger partial charge in [0.2, 0.25) is 0 Å². The van der Waals surface area contributed by atoms with Crippen LogP contribution in [-0.2, 0) is 0 Å². The molecule has 6 aromatic rings. The van der Waals surface area contributed by atoms with Gasteiger partial charge in [0.25, 0.3) is 0 Å². The van der Waals surface area contributed by atoms with E-state index < -0.39 is 0 Å². The zero-order chi connectivity index (χ0) is 24.2. The number of nitrogens with zero attached hydrogens (tertiary/aromatic N) is 3. The summed E-state index contributed by atoms with van der Waals surface area (Å²) in [7, 11) is 0. The van der Waals surface area contributed by atoms with Gasteiger partial charge in [-0.15, -0.1) is 0 Å². The van der Waals surface area contributed by atoms with Gasteiger partial charge in [-0.05, 0) is 52.1 Å². The van der Waals surface area contributed by atoms with Crippen molar-refractivity contribution in [3.05, 3.63) is 137 Å². The molecule has 0 bridgehead atoms. The first kappa shape index (κ1) is 20.3. The van der Waals surface area contributed by atoms with Crippen LogP contribution in [0.15, 0.2) is 109 Å². The number of hydrogen-bond acceptors (Lipinski definition) is 2. The molecule has 1 aliphatic rings. The molecule has 0 atom stereocenters. The van der Waals surface area contributed by atoms with E-state index in [9.17, 15) is 10.5 Å². The molecule has 0 amide bonds. The van der Waals surface area contributed by atoms with Crippen LogP contribution < -0.4 is 0 Å². The van der Waals surface area contributed by atoms with E-state index in [0.29, 0.717) is 11.1 Å². The van der Waals surface area contributed by atoms with Crippen molar-refractivity contribution in [3.8, 4) is 29.0 Å². The summed E-state index contributed by atoms with van der Waals surface area (Å²) in [5.41, 5.74) is 9.37. The van der Waals surface area contributed by atoms with Crippen LogP contribution in [0, 0.1) is 22.7 Å². The smallest absolute Gasteiger partial charge is 0.0996 e. The summed E-state index contributed by atoms with van der Waals surface area (Å²) in [4.78, 5) is 0. The molecule has 0 N–H and O–H groups in total. The average Bonchev–Trinajstić information content (AvgIpc) is 3.45. The zero-order valence-electron chi connectivity index (χ0n) is 19.3. The van der Waals surface area contributed by atoms with Crippen LogP contribution in [0.4, 0.5) is 0 Å². The Morgan fingerprint density at radius 2 is 1.00 bits per heavy atom. The predicted molar refractivity (Wildman–Crippen MR) is 143 cm³/mol. The Labute approximate surface area is 208 Å². The van der Waals surface area contributed by atoms with Crippen molar-refractivity contribution in [1.29, 1.82) is 10.5 Å². The first-order valence-electron chi connectivity index (χ1n) is 11.9. The van der Waals surface area contributed by atoms with Crippen LogP contribution in [0.25, 0.3) is 38.6 Å². The number of rotatable bonds is 2. The first-order chi connectivity index (χ1) is 17.8. The Hall–Kier alpha value is -5.12. The standard InChI is InChI=1S/C33H19N3/c34-19-21-17-23(36-30-15-7-5-11-26(30)27-12-6-8-16-31(27)36)18-22(20-35)32(21)33-28-13-3-1-9-24(28)25-10-2-4-14-29(25)33/h1-18,33H. The van der Waals surface area contributed by atoms with Gasteiger partial charge < -0.3 is 4.57 Å². The summed E-state index contributed by atoms with van der Waals surface area (Å²) in [5, 5.41) is 23.0. The monoisotopic (exact) mass is 457 g/mol. The van der Waals surface area contributed by atoms with Gasteiger partial charge in [-0.1, -0.05) is 84.9 Å². The lowest BCUT2D eigenvalue weighted by Crippen LogP contribution is -2.07. The van der Waals surface area contributed by atoms with E-state index >= 15 is 0 Å². The maximum absolute atomic E-state index is 10.4. The second-order valence-corrected chi connectivity index (χ2v) is 9.16. The highest BCUT2D eigenvalue weighted by Gasteiger charge is 2.33. The van der Waals surface area contributed by atoms with Crippen LogP contribution >= 0.6 is 0 Å². The number of fused-ring (bicyclic) bond motifs is 6. The number of benzene rings is 5. The average molecular weight is 458 g/mol. The molecule has 0 saturated carbocycles. The SMILES string of the molecule is N#Cc1cc(-n2c3ccccc3c3ccccc32)cc(C#N)c1C1c2ccccc2-c2ccccc21. The third kappa shape index (κ3) is 2.72. The Morgan fingerprint density at radius 3 is 1.50 bits per heavy atom. The fourth-order valence-electron chi connectivity index (χ4n) is 5.93. The van der Waals surface area contributed by atoms with Crippen molar-refractivity contribution in [2.75, 3.05) is 0 Å². The molecule has 0 aliphatic heterocycles. The van der Waals surface area contributed by atoms with Crippen molar-refractivity contribution in [1.82, 2.24) is 4.57 Å². The van der Waals surface area contributed by atoms with Crippen molar-refractivity contribution < 1.29 is 0 Å². The van der Waals surface area contributed by atoms with Crippen LogP contribution in [0.2, 0.25) is 0 Å². The summed E-state index contributed by atoms with van der Waals surface area (Å²) in [6.45, 7) is 0. The van der Waals surface area contributed by atoms with Gasteiger partial charge in [-0.2, -0.15) is 10.5 Å². The number of hydrogen-bond donors (Lipinski definition) is 0. The molecular formula is C33H19N3. The Morgan fingerprint density at radius 1 is 0.556 bits per heavy atom. The Balaban J connectivity index is 1.54. The van der Waals surface area contributed by atoms with Crippen LogP contribution in [0.5, 0.6) is 0 Å². The van der Waals surface area contributed by atoms with E-state index in [4.69, 9.17) is 0 Å². The molecule has 166 valence electrons. The Kier molecular flexibility index (Phi) is 4.34. The fourth-order valence-corrected chi connectivity index (χ4v) is 5.93. The second kappa shape index (κ2) is 7.70. The summed E-state index contributed by atoms with van der Waals surface area (Å²) in [6, 6.07) is 41.9. The van der Waals surface area contributed by atoms with E-state index in [1.54, 1.807) is 0 Å². The maximum Gasteiger partial charge on any atom is 0.0996 e. The van der Waals surface area contributed by atoms with E-state index in [0.717, 1.165) is 55.3 Å². The molecule has 0 fully saturated rings. The molecule has 36 heavy (non-hydrogen) atoms. The topological polar surface area (TPSA) is 52.5 Å². The summed E-state index contributed by atoms with van der Waals surface area (Å²) in [5.74, 6) is -0.158. The maximum atomic E-state index is 10.4. The lowest BCUT2D eigenvalue weighted by atomic mass is 9.83. The van der Waals surface area contributed by atoms with Crippen LogP contribution in [-0.4, -0.2) is 4.57 Å². The lowest BCUT2D eigenvalue weighted by Gasteiger charge is -2.19. The minimum atomic E-state index is -0.158. The quantitative estimate of drug-likeness (QED) is 0.267. The molecule has 1 aliphatic carbocycles. The molecule has 0 spiro atoms. The molecule has 7 rings (SSSR count). The molecule has 1 heterocycles. The lowest BCUT2D eigenvalue weighted by molar-refractivity contribution is 0.995. The molecule has 5 aromatic carbocycles. The molecular weight excluding hydrogens is 438 g/mol. The molecule has 3 nitrogen and oxygen atoms in total. The second-order valence-electron chi connectivity index (χ2n) is 9.16. The highest BCUT2D eigenvalue weighted by atomic mass is 15.0. The van der Waals surface area contributed by atoms with Crippen molar-refractivity contribution >= 4 is 21.8 Å². The first-order valence-corrected chi connectivity index (χ1v) is 11.9. The van der Waals surface area contributed by atoms with Gasteiger partial charge in [0, 0.05) is 22.4 Å². The highest BCUT2D eigenvalue weighted by molar-refractivity contribution is 6.09. The van der Waals surface area contributed by atoms with Crippen LogP contribution in [0.1, 0.15) is 33.7 Å². The summed E-state index contributed by atoms with van der Waals surface area (Å²) >= 11 is 0. The molecule has 0 saturated heterocycles. The Bertz CT molecular complexity index is 1790. The number of nitriles is 2. The van der Waals surface area contributed by atoms with Crippen molar-refractivity contribution in [2.45, 2.75) is 5.92 Å². The summed E-state index contributed by atoms with van der Waals surface area (Å²) in [6.07, 6.45) is 0. The number of para-hydroxylation sites is 2. The normalized spacial score (nSPS) is 12.3. The molecule has 3 heteroatoms. The van der Waals surface area contributed by atoms with Crippen molar-refractivity contribution in [3.63, 3.8) is 0 Å². The van der Waals surface area contributed by atoms with Gasteiger partial charge in [0.1, 0.15) is 0 Å². The van der Waals surface area contributed by atoms with Gasteiger partial charge in [-0.3, -0.25) is 0 Å². The van der Waals surface area contributed by atoms with E-state index in [1.807, 2.05) is 60.7 Å². The van der Waals surface area contributed by atoms with E-state index in [-0.39, 0.29) is 5.92 Å². The molecule has 0 radical (unpaired) electrons. The van der Waals surface area contributed by atoms with Crippen LogP contribution in [0.3, 0.4) is 0 Å². The third-order valence-corrected chi connectivity index (χ3v) is 7.37. The largest absolute Gasteiger partial charge is 0.309 e. The zero-order valence-corrected chi connectivity index (χ0v) is 19.3. The van der Waals surface area contributed by atoms with Gasteiger partial charge in [-0.25, -0.2) is 0 Å². The highest BCUT2D eigenvalue weighted by Crippen LogP contribution is 2.49. The van der Waals surface area contributed by atoms with E-state index in [2.05, 4.69) is 65.2 Å². The van der Waals surface area contributed by atoms with Crippen molar-refractivity contribution in [2.24, 2.45) is 0 Å².